The second-order valence-corrected chi connectivity index (χ2v) is 3.00. The second kappa shape index (κ2) is 3.78. The summed E-state index contributed by atoms with van der Waals surface area (Å²) in [6, 6.07) is 3.69. The smallest absolute Gasteiger partial charge is 0.120 e. The lowest BCUT2D eigenvalue weighted by molar-refractivity contribution is 0.414. The fourth-order valence-electron chi connectivity index (χ4n) is 1.04. The molecular formula is C9H12ClNO. The molecule has 3 heteroatoms. The zero-order valence-electron chi connectivity index (χ0n) is 7.23. The average molecular weight is 186 g/mol. The van der Waals surface area contributed by atoms with Gasteiger partial charge in [-0.2, -0.15) is 0 Å². The molecule has 1 aromatic rings. The SMILES string of the molecule is COc1cc(Cl)c(C)c(CN)c1. The highest BCUT2D eigenvalue weighted by atomic mass is 35.5. The van der Waals surface area contributed by atoms with Gasteiger partial charge in [-0.3, -0.25) is 0 Å². The number of ether oxygens (including phenoxy) is 1. The average Bonchev–Trinajstić information content (AvgIpc) is 2.09. The van der Waals surface area contributed by atoms with E-state index in [4.69, 9.17) is 22.1 Å². The molecule has 1 aromatic carbocycles. The van der Waals surface area contributed by atoms with Crippen LogP contribution in [-0.2, 0) is 6.54 Å². The number of hydrogen-bond acceptors (Lipinski definition) is 2. The van der Waals surface area contributed by atoms with E-state index in [0.717, 1.165) is 16.9 Å². The van der Waals surface area contributed by atoms with E-state index < -0.39 is 0 Å². The Bertz CT molecular complexity index is 286. The Morgan fingerprint density at radius 2 is 2.17 bits per heavy atom. The molecule has 0 aliphatic rings. The summed E-state index contributed by atoms with van der Waals surface area (Å²) in [5.74, 6) is 0.756. The van der Waals surface area contributed by atoms with E-state index in [0.29, 0.717) is 11.6 Å². The predicted molar refractivity (Wildman–Crippen MR) is 50.6 cm³/mol. The van der Waals surface area contributed by atoms with Gasteiger partial charge in [-0.15, -0.1) is 0 Å². The maximum absolute atomic E-state index is 5.94. The highest BCUT2D eigenvalue weighted by Gasteiger charge is 2.03. The number of nitrogens with two attached hydrogens (primary N) is 1. The van der Waals surface area contributed by atoms with Gasteiger partial charge >= 0.3 is 0 Å². The van der Waals surface area contributed by atoms with Crippen molar-refractivity contribution in [2.75, 3.05) is 7.11 Å². The second-order valence-electron chi connectivity index (χ2n) is 2.60. The lowest BCUT2D eigenvalue weighted by atomic mass is 10.1. The molecule has 0 atom stereocenters. The molecule has 0 fully saturated rings. The Balaban J connectivity index is 3.19. The third-order valence-corrected chi connectivity index (χ3v) is 2.27. The van der Waals surface area contributed by atoms with Crippen LogP contribution in [0.25, 0.3) is 0 Å². The van der Waals surface area contributed by atoms with Gasteiger partial charge in [-0.25, -0.2) is 0 Å². The summed E-state index contributed by atoms with van der Waals surface area (Å²) in [4.78, 5) is 0. The van der Waals surface area contributed by atoms with Crippen LogP contribution in [0.3, 0.4) is 0 Å². The molecule has 0 aromatic heterocycles. The Morgan fingerprint density at radius 1 is 1.50 bits per heavy atom. The minimum absolute atomic E-state index is 0.489. The summed E-state index contributed by atoms with van der Waals surface area (Å²) in [5, 5.41) is 0.704. The van der Waals surface area contributed by atoms with E-state index in [9.17, 15) is 0 Å². The van der Waals surface area contributed by atoms with Crippen molar-refractivity contribution in [1.82, 2.24) is 0 Å². The summed E-state index contributed by atoms with van der Waals surface area (Å²) in [7, 11) is 1.61. The van der Waals surface area contributed by atoms with Gasteiger partial charge in [-0.1, -0.05) is 11.6 Å². The maximum atomic E-state index is 5.94. The van der Waals surface area contributed by atoms with E-state index in [1.165, 1.54) is 0 Å². The van der Waals surface area contributed by atoms with Crippen molar-refractivity contribution < 1.29 is 4.74 Å². The van der Waals surface area contributed by atoms with Crippen molar-refractivity contribution in [1.29, 1.82) is 0 Å². The molecule has 0 heterocycles. The first-order valence-corrected chi connectivity index (χ1v) is 4.10. The summed E-state index contributed by atoms with van der Waals surface area (Å²) in [5.41, 5.74) is 7.58. The molecule has 0 radical (unpaired) electrons. The minimum Gasteiger partial charge on any atom is -0.497 e. The molecule has 0 saturated carbocycles. The largest absolute Gasteiger partial charge is 0.497 e. The Kier molecular flexibility index (Phi) is 2.95. The van der Waals surface area contributed by atoms with Crippen molar-refractivity contribution in [2.45, 2.75) is 13.5 Å². The maximum Gasteiger partial charge on any atom is 0.120 e. The zero-order chi connectivity index (χ0) is 9.14. The Labute approximate surface area is 77.3 Å². The number of hydrogen-bond donors (Lipinski definition) is 1. The van der Waals surface area contributed by atoms with Crippen LogP contribution in [0, 0.1) is 6.92 Å². The number of rotatable bonds is 2. The van der Waals surface area contributed by atoms with Crippen LogP contribution in [0.1, 0.15) is 11.1 Å². The molecule has 66 valence electrons. The zero-order valence-corrected chi connectivity index (χ0v) is 7.98. The summed E-state index contributed by atoms with van der Waals surface area (Å²) in [6.45, 7) is 2.44. The lowest BCUT2D eigenvalue weighted by Crippen LogP contribution is -2.00. The van der Waals surface area contributed by atoms with E-state index >= 15 is 0 Å². The number of benzene rings is 1. The van der Waals surface area contributed by atoms with Gasteiger partial charge in [0.2, 0.25) is 0 Å². The van der Waals surface area contributed by atoms with Crippen LogP contribution in [-0.4, -0.2) is 7.11 Å². The van der Waals surface area contributed by atoms with E-state index in [1.807, 2.05) is 13.0 Å². The Hall–Kier alpha value is -0.730. The van der Waals surface area contributed by atoms with Gasteiger partial charge in [0, 0.05) is 11.6 Å². The van der Waals surface area contributed by atoms with Gasteiger partial charge in [0.05, 0.1) is 7.11 Å². The summed E-state index contributed by atoms with van der Waals surface area (Å²) < 4.78 is 5.05. The van der Waals surface area contributed by atoms with Crippen molar-refractivity contribution in [3.8, 4) is 5.75 Å². The van der Waals surface area contributed by atoms with E-state index in [-0.39, 0.29) is 0 Å². The molecule has 0 spiro atoms. The first-order chi connectivity index (χ1) is 5.69. The van der Waals surface area contributed by atoms with Crippen molar-refractivity contribution in [2.24, 2.45) is 5.73 Å². The number of methoxy groups -OCH3 is 1. The molecule has 0 amide bonds. The van der Waals surface area contributed by atoms with E-state index in [1.54, 1.807) is 13.2 Å². The monoisotopic (exact) mass is 185 g/mol. The Morgan fingerprint density at radius 3 is 2.67 bits per heavy atom. The molecule has 0 aliphatic heterocycles. The van der Waals surface area contributed by atoms with Gasteiger partial charge < -0.3 is 10.5 Å². The van der Waals surface area contributed by atoms with Crippen LogP contribution in [0.5, 0.6) is 5.75 Å². The van der Waals surface area contributed by atoms with Crippen LogP contribution in [0.4, 0.5) is 0 Å². The van der Waals surface area contributed by atoms with Crippen molar-refractivity contribution >= 4 is 11.6 Å². The van der Waals surface area contributed by atoms with Gasteiger partial charge in [0.25, 0.3) is 0 Å². The van der Waals surface area contributed by atoms with Crippen LogP contribution < -0.4 is 10.5 Å². The molecule has 1 rings (SSSR count). The van der Waals surface area contributed by atoms with Gasteiger partial charge in [0.15, 0.2) is 0 Å². The predicted octanol–water partition coefficient (Wildman–Crippen LogP) is 2.12. The van der Waals surface area contributed by atoms with Crippen molar-refractivity contribution in [3.05, 3.63) is 28.3 Å². The first kappa shape index (κ1) is 9.36. The van der Waals surface area contributed by atoms with Crippen LogP contribution in [0.2, 0.25) is 5.02 Å². The highest BCUT2D eigenvalue weighted by molar-refractivity contribution is 6.31. The molecular weight excluding hydrogens is 174 g/mol. The van der Waals surface area contributed by atoms with Crippen LogP contribution >= 0.6 is 11.6 Å². The minimum atomic E-state index is 0.489. The fraction of sp³-hybridized carbons (Fsp3) is 0.333. The topological polar surface area (TPSA) is 35.2 Å². The molecule has 0 bridgehead atoms. The molecule has 0 aliphatic carbocycles. The molecule has 12 heavy (non-hydrogen) atoms. The van der Waals surface area contributed by atoms with Crippen molar-refractivity contribution in [3.63, 3.8) is 0 Å². The lowest BCUT2D eigenvalue weighted by Gasteiger charge is -2.07. The summed E-state index contributed by atoms with van der Waals surface area (Å²) >= 11 is 5.94. The van der Waals surface area contributed by atoms with Crippen LogP contribution in [0.15, 0.2) is 12.1 Å². The molecule has 0 saturated heterocycles. The number of halogens is 1. The quantitative estimate of drug-likeness (QED) is 0.766. The third-order valence-electron chi connectivity index (χ3n) is 1.88. The third kappa shape index (κ3) is 1.71. The molecule has 2 N–H and O–H groups in total. The molecule has 2 nitrogen and oxygen atoms in total. The first-order valence-electron chi connectivity index (χ1n) is 3.72. The summed E-state index contributed by atoms with van der Waals surface area (Å²) in [6.07, 6.45) is 0. The van der Waals surface area contributed by atoms with Gasteiger partial charge in [-0.05, 0) is 30.2 Å². The highest BCUT2D eigenvalue weighted by Crippen LogP contribution is 2.25. The molecule has 0 unspecified atom stereocenters. The fourth-order valence-corrected chi connectivity index (χ4v) is 1.27. The standard InChI is InChI=1S/C9H12ClNO/c1-6-7(5-11)3-8(12-2)4-9(6)10/h3-4H,5,11H2,1-2H3. The van der Waals surface area contributed by atoms with Gasteiger partial charge in [0.1, 0.15) is 5.75 Å². The normalized spacial score (nSPS) is 10.0. The van der Waals surface area contributed by atoms with E-state index in [2.05, 4.69) is 0 Å².